The molecule has 0 fully saturated rings. The van der Waals surface area contributed by atoms with Crippen LogP contribution in [0.5, 0.6) is 0 Å². The Kier molecular flexibility index (Phi) is 10.8. The number of amides is 1. The van der Waals surface area contributed by atoms with Crippen LogP contribution in [-0.4, -0.2) is 31.2 Å². The van der Waals surface area contributed by atoms with Gasteiger partial charge in [-0.3, -0.25) is 4.79 Å². The molecule has 6 nitrogen and oxygen atoms in total. The van der Waals surface area contributed by atoms with Gasteiger partial charge in [-0.05, 0) is 36.5 Å². The van der Waals surface area contributed by atoms with Crippen molar-refractivity contribution in [2.45, 2.75) is 46.1 Å². The Morgan fingerprint density at radius 3 is 2.38 bits per heavy atom. The van der Waals surface area contributed by atoms with Gasteiger partial charge >= 0.3 is 12.1 Å². The summed E-state index contributed by atoms with van der Waals surface area (Å²) in [5.41, 5.74) is 1.71. The van der Waals surface area contributed by atoms with Gasteiger partial charge in [0.1, 0.15) is 6.04 Å². The summed E-state index contributed by atoms with van der Waals surface area (Å²) in [5, 5.41) is 2.75. The van der Waals surface area contributed by atoms with Crippen molar-refractivity contribution in [2.75, 3.05) is 7.11 Å². The number of carbonyl (C=O) groups excluding carboxylic acids is 4. The van der Waals surface area contributed by atoms with Crippen LogP contribution in [-0.2, 0) is 25.5 Å². The van der Waals surface area contributed by atoms with E-state index in [4.69, 9.17) is 14.3 Å². The summed E-state index contributed by atoms with van der Waals surface area (Å²) in [6, 6.07) is 6.95. The van der Waals surface area contributed by atoms with Gasteiger partial charge in [0.2, 0.25) is 0 Å². The van der Waals surface area contributed by atoms with Crippen LogP contribution >= 0.6 is 0 Å². The normalized spacial score (nSPS) is 10.9. The summed E-state index contributed by atoms with van der Waals surface area (Å²) in [5.74, 6) is -0.0980. The predicted molar refractivity (Wildman–Crippen MR) is 88.2 cm³/mol. The number of nitrogens with one attached hydrogen (secondary N) is 1. The molecule has 1 rings (SSSR count). The number of ether oxygens (including phenoxy) is 1. The van der Waals surface area contributed by atoms with E-state index in [2.05, 4.69) is 19.2 Å². The van der Waals surface area contributed by atoms with Gasteiger partial charge in [-0.15, -0.1) is 0 Å². The molecule has 6 heteroatoms. The quantitative estimate of drug-likeness (QED) is 0.773. The van der Waals surface area contributed by atoms with Gasteiger partial charge in [0.05, 0.1) is 7.11 Å². The lowest BCUT2D eigenvalue weighted by Crippen LogP contribution is -2.41. The van der Waals surface area contributed by atoms with Gasteiger partial charge in [0.25, 0.3) is 5.91 Å². The van der Waals surface area contributed by atoms with Crippen LogP contribution in [0.3, 0.4) is 0 Å². The van der Waals surface area contributed by atoms with Crippen LogP contribution in [0, 0.1) is 5.92 Å². The smallest absolute Gasteiger partial charge is 0.373 e. The minimum Gasteiger partial charge on any atom is -0.467 e. The molecule has 0 aliphatic heterocycles. The van der Waals surface area contributed by atoms with Crippen molar-refractivity contribution in [1.29, 1.82) is 0 Å². The van der Waals surface area contributed by atoms with Crippen molar-refractivity contribution < 1.29 is 23.9 Å². The van der Waals surface area contributed by atoms with Gasteiger partial charge in [0.15, 0.2) is 0 Å². The zero-order valence-corrected chi connectivity index (χ0v) is 14.6. The average molecular weight is 335 g/mol. The summed E-state index contributed by atoms with van der Waals surface area (Å²) in [6.07, 6.45) is 2.55. The van der Waals surface area contributed by atoms with Crippen molar-refractivity contribution >= 4 is 18.0 Å². The Hall–Kier alpha value is -2.46. The summed E-state index contributed by atoms with van der Waals surface area (Å²) in [6.45, 7) is 6.24. The van der Waals surface area contributed by atoms with E-state index in [9.17, 15) is 9.59 Å². The van der Waals surface area contributed by atoms with E-state index in [1.54, 1.807) is 6.07 Å². The molecule has 0 heterocycles. The van der Waals surface area contributed by atoms with E-state index >= 15 is 0 Å². The molecule has 0 bridgehead atoms. The van der Waals surface area contributed by atoms with E-state index in [0.717, 1.165) is 18.4 Å². The maximum atomic E-state index is 12.3. The molecule has 0 aliphatic rings. The first-order chi connectivity index (χ1) is 11.4. The minimum absolute atomic E-state index is 0.232. The fourth-order valence-electron chi connectivity index (χ4n) is 2.23. The lowest BCUT2D eigenvalue weighted by Gasteiger charge is -2.16. The predicted octanol–water partition coefficient (Wildman–Crippen LogP) is 2.37. The van der Waals surface area contributed by atoms with Crippen LogP contribution in [0.15, 0.2) is 24.3 Å². The van der Waals surface area contributed by atoms with Gasteiger partial charge < -0.3 is 10.1 Å². The summed E-state index contributed by atoms with van der Waals surface area (Å²) >= 11 is 0. The number of esters is 1. The fourth-order valence-corrected chi connectivity index (χ4v) is 2.23. The molecule has 1 N–H and O–H groups in total. The number of rotatable bonds is 7. The zero-order valence-electron chi connectivity index (χ0n) is 14.6. The van der Waals surface area contributed by atoms with Crippen LogP contribution in [0.25, 0.3) is 0 Å². The molecule has 0 unspecified atom stereocenters. The number of hydrogen-bond acceptors (Lipinski definition) is 5. The third-order valence-corrected chi connectivity index (χ3v) is 3.20. The Bertz CT molecular complexity index is 562. The Balaban J connectivity index is 0.00000163. The highest BCUT2D eigenvalue weighted by molar-refractivity contribution is 5.96. The summed E-state index contributed by atoms with van der Waals surface area (Å²) in [4.78, 5) is 40.2. The zero-order chi connectivity index (χ0) is 18.5. The van der Waals surface area contributed by atoms with E-state index in [-0.39, 0.29) is 12.1 Å². The van der Waals surface area contributed by atoms with Crippen LogP contribution in [0.4, 0.5) is 0 Å². The molecule has 0 radical (unpaired) electrons. The first kappa shape index (κ1) is 21.5. The summed E-state index contributed by atoms with van der Waals surface area (Å²) in [7, 11) is 1.33. The number of hydrogen-bond donors (Lipinski definition) is 1. The molecule has 132 valence electrons. The first-order valence-electron chi connectivity index (χ1n) is 7.86. The van der Waals surface area contributed by atoms with Gasteiger partial charge in [0, 0.05) is 5.56 Å². The maximum Gasteiger partial charge on any atom is 0.373 e. The van der Waals surface area contributed by atoms with Crippen molar-refractivity contribution in [3.05, 3.63) is 35.4 Å². The topological polar surface area (TPSA) is 89.5 Å². The lowest BCUT2D eigenvalue weighted by molar-refractivity contribution is -0.191. The third kappa shape index (κ3) is 8.25. The molecular formula is C18H25NO5. The Morgan fingerprint density at radius 2 is 1.88 bits per heavy atom. The Morgan fingerprint density at radius 1 is 1.25 bits per heavy atom. The van der Waals surface area contributed by atoms with E-state index in [1.807, 2.05) is 25.1 Å². The molecule has 1 aromatic carbocycles. The molecule has 0 aromatic heterocycles. The molecular weight excluding hydrogens is 310 g/mol. The molecule has 0 aliphatic carbocycles. The SMILES string of the molecule is CCC[C@H](NC(=O)c1cccc(CC(C)C)c1)C(=O)OC.O=C=O. The fraction of sp³-hybridized carbons (Fsp3) is 0.500. The maximum absolute atomic E-state index is 12.3. The van der Waals surface area contributed by atoms with Gasteiger partial charge in [-0.25, -0.2) is 4.79 Å². The summed E-state index contributed by atoms with van der Waals surface area (Å²) < 4.78 is 4.72. The van der Waals surface area contributed by atoms with Crippen LogP contribution < -0.4 is 5.32 Å². The molecule has 1 aromatic rings. The van der Waals surface area contributed by atoms with E-state index in [1.165, 1.54) is 7.11 Å². The molecule has 0 saturated carbocycles. The second-order valence-corrected chi connectivity index (χ2v) is 5.72. The number of benzene rings is 1. The van der Waals surface area contributed by atoms with Gasteiger partial charge in [-0.2, -0.15) is 9.59 Å². The highest BCUT2D eigenvalue weighted by Gasteiger charge is 2.21. The van der Waals surface area contributed by atoms with E-state index in [0.29, 0.717) is 17.9 Å². The van der Waals surface area contributed by atoms with Crippen molar-refractivity contribution in [1.82, 2.24) is 5.32 Å². The Labute approximate surface area is 142 Å². The number of carbonyl (C=O) groups is 2. The van der Waals surface area contributed by atoms with E-state index < -0.39 is 12.0 Å². The molecule has 24 heavy (non-hydrogen) atoms. The second kappa shape index (κ2) is 12.0. The molecule has 1 amide bonds. The minimum atomic E-state index is -0.582. The average Bonchev–Trinajstić information content (AvgIpc) is 2.54. The highest BCUT2D eigenvalue weighted by Crippen LogP contribution is 2.11. The number of methoxy groups -OCH3 is 1. The highest BCUT2D eigenvalue weighted by atomic mass is 16.5. The van der Waals surface area contributed by atoms with Gasteiger partial charge in [-0.1, -0.05) is 39.3 Å². The molecule has 1 atom stereocenters. The lowest BCUT2D eigenvalue weighted by atomic mass is 10.0. The van der Waals surface area contributed by atoms with Crippen LogP contribution in [0.1, 0.15) is 49.5 Å². The van der Waals surface area contributed by atoms with Crippen LogP contribution in [0.2, 0.25) is 0 Å². The van der Waals surface area contributed by atoms with Crippen molar-refractivity contribution in [2.24, 2.45) is 5.92 Å². The van der Waals surface area contributed by atoms with Crippen molar-refractivity contribution in [3.8, 4) is 0 Å². The standard InChI is InChI=1S/C17H25NO3.CO2/c1-5-7-15(17(20)21-4)18-16(19)14-9-6-8-13(11-14)10-12(2)3;2-1-3/h6,8-9,11-12,15H,5,7,10H2,1-4H3,(H,18,19);/t15-;/m0./s1. The third-order valence-electron chi connectivity index (χ3n) is 3.20. The largest absolute Gasteiger partial charge is 0.467 e. The van der Waals surface area contributed by atoms with Crippen molar-refractivity contribution in [3.63, 3.8) is 0 Å². The second-order valence-electron chi connectivity index (χ2n) is 5.72. The monoisotopic (exact) mass is 335 g/mol. The molecule has 0 saturated heterocycles. The molecule has 0 spiro atoms. The first-order valence-corrected chi connectivity index (χ1v) is 7.86.